The Morgan fingerprint density at radius 3 is 2.85 bits per heavy atom. The van der Waals surface area contributed by atoms with Gasteiger partial charge in [-0.25, -0.2) is 4.98 Å². The lowest BCUT2D eigenvalue weighted by molar-refractivity contribution is 0.260. The van der Waals surface area contributed by atoms with Crippen LogP contribution in [-0.2, 0) is 0 Å². The zero-order valence-electron chi connectivity index (χ0n) is 7.55. The molecule has 1 aromatic rings. The SMILES string of the molecule is CC(C)COc1nc(Cl)ccc1Br. The third kappa shape index (κ3) is 3.53. The van der Waals surface area contributed by atoms with Crippen LogP contribution >= 0.6 is 27.5 Å². The predicted molar refractivity (Wildman–Crippen MR) is 57.3 cm³/mol. The van der Waals surface area contributed by atoms with Gasteiger partial charge in [0.15, 0.2) is 0 Å². The van der Waals surface area contributed by atoms with Crippen LogP contribution in [0.4, 0.5) is 0 Å². The molecule has 0 atom stereocenters. The topological polar surface area (TPSA) is 22.1 Å². The van der Waals surface area contributed by atoms with Gasteiger partial charge in [-0.3, -0.25) is 0 Å². The number of hydrogen-bond acceptors (Lipinski definition) is 2. The fourth-order valence-electron chi connectivity index (χ4n) is 0.748. The Kier molecular flexibility index (Phi) is 4.00. The van der Waals surface area contributed by atoms with Gasteiger partial charge in [-0.05, 0) is 34.0 Å². The molecule has 0 aliphatic rings. The van der Waals surface area contributed by atoms with Crippen LogP contribution in [0.5, 0.6) is 5.88 Å². The summed E-state index contributed by atoms with van der Waals surface area (Å²) in [6.07, 6.45) is 0. The van der Waals surface area contributed by atoms with E-state index in [4.69, 9.17) is 16.3 Å². The highest BCUT2D eigenvalue weighted by Crippen LogP contribution is 2.24. The first-order chi connectivity index (χ1) is 6.09. The molecule has 0 aliphatic heterocycles. The van der Waals surface area contributed by atoms with Crippen LogP contribution in [0.2, 0.25) is 5.15 Å². The molecule has 0 amide bonds. The average Bonchev–Trinajstić information content (AvgIpc) is 2.06. The maximum atomic E-state index is 5.72. The van der Waals surface area contributed by atoms with E-state index < -0.39 is 0 Å². The number of aromatic nitrogens is 1. The average molecular weight is 265 g/mol. The summed E-state index contributed by atoms with van der Waals surface area (Å²) in [7, 11) is 0. The minimum Gasteiger partial charge on any atom is -0.477 e. The lowest BCUT2D eigenvalue weighted by Crippen LogP contribution is -2.06. The Bertz CT molecular complexity index is 291. The molecule has 2 nitrogen and oxygen atoms in total. The molecule has 4 heteroatoms. The van der Waals surface area contributed by atoms with Crippen molar-refractivity contribution in [2.75, 3.05) is 6.61 Å². The minimum absolute atomic E-state index is 0.446. The van der Waals surface area contributed by atoms with Gasteiger partial charge in [-0.1, -0.05) is 25.4 Å². The van der Waals surface area contributed by atoms with Crippen molar-refractivity contribution in [1.82, 2.24) is 4.98 Å². The predicted octanol–water partition coefficient (Wildman–Crippen LogP) is 3.53. The number of rotatable bonds is 3. The van der Waals surface area contributed by atoms with Crippen molar-refractivity contribution in [1.29, 1.82) is 0 Å². The summed E-state index contributed by atoms with van der Waals surface area (Å²) in [6.45, 7) is 4.81. The van der Waals surface area contributed by atoms with Crippen LogP contribution in [0.3, 0.4) is 0 Å². The monoisotopic (exact) mass is 263 g/mol. The van der Waals surface area contributed by atoms with Crippen molar-refractivity contribution < 1.29 is 4.74 Å². The molecule has 0 saturated heterocycles. The first-order valence-corrected chi connectivity index (χ1v) is 5.21. The van der Waals surface area contributed by atoms with Crippen LogP contribution in [0.15, 0.2) is 16.6 Å². The molecule has 0 saturated carbocycles. The lowest BCUT2D eigenvalue weighted by atomic mass is 10.2. The van der Waals surface area contributed by atoms with E-state index >= 15 is 0 Å². The van der Waals surface area contributed by atoms with Crippen LogP contribution < -0.4 is 4.74 Å². The van der Waals surface area contributed by atoms with E-state index in [9.17, 15) is 0 Å². The lowest BCUT2D eigenvalue weighted by Gasteiger charge is -2.08. The Morgan fingerprint density at radius 2 is 2.23 bits per heavy atom. The number of pyridine rings is 1. The van der Waals surface area contributed by atoms with Gasteiger partial charge in [-0.15, -0.1) is 0 Å². The maximum Gasteiger partial charge on any atom is 0.229 e. The smallest absolute Gasteiger partial charge is 0.229 e. The normalized spacial score (nSPS) is 10.5. The zero-order chi connectivity index (χ0) is 9.84. The van der Waals surface area contributed by atoms with Crippen molar-refractivity contribution >= 4 is 27.5 Å². The molecule has 1 rings (SSSR count). The van der Waals surface area contributed by atoms with Crippen LogP contribution in [0.25, 0.3) is 0 Å². The molecule has 0 fully saturated rings. The molecular formula is C9H11BrClNO. The molecular weight excluding hydrogens is 253 g/mol. The third-order valence-electron chi connectivity index (χ3n) is 1.33. The quantitative estimate of drug-likeness (QED) is 0.779. The second kappa shape index (κ2) is 4.82. The summed E-state index contributed by atoms with van der Waals surface area (Å²) in [5.74, 6) is 1.04. The van der Waals surface area contributed by atoms with Crippen molar-refractivity contribution in [2.24, 2.45) is 5.92 Å². The second-order valence-electron chi connectivity index (χ2n) is 3.13. The first-order valence-electron chi connectivity index (χ1n) is 4.04. The summed E-state index contributed by atoms with van der Waals surface area (Å²) in [5.41, 5.74) is 0. The summed E-state index contributed by atoms with van der Waals surface area (Å²) >= 11 is 9.05. The van der Waals surface area contributed by atoms with Gasteiger partial charge in [0.05, 0.1) is 11.1 Å². The highest BCUT2D eigenvalue weighted by atomic mass is 79.9. The number of halogens is 2. The Labute approximate surface area is 91.4 Å². The molecule has 1 aromatic heterocycles. The standard InChI is InChI=1S/C9H11BrClNO/c1-6(2)5-13-9-7(10)3-4-8(11)12-9/h3-4,6H,5H2,1-2H3. The van der Waals surface area contributed by atoms with Gasteiger partial charge < -0.3 is 4.74 Å². The Hall–Kier alpha value is -0.280. The number of nitrogens with zero attached hydrogens (tertiary/aromatic N) is 1. The minimum atomic E-state index is 0.446. The summed E-state index contributed by atoms with van der Waals surface area (Å²) < 4.78 is 6.27. The summed E-state index contributed by atoms with van der Waals surface area (Å²) in [6, 6.07) is 3.54. The zero-order valence-corrected chi connectivity index (χ0v) is 9.89. The molecule has 0 unspecified atom stereocenters. The maximum absolute atomic E-state index is 5.72. The van der Waals surface area contributed by atoms with Gasteiger partial charge in [0.2, 0.25) is 5.88 Å². The molecule has 0 bridgehead atoms. The van der Waals surface area contributed by atoms with E-state index in [1.807, 2.05) is 6.07 Å². The van der Waals surface area contributed by atoms with E-state index in [0.29, 0.717) is 23.6 Å². The van der Waals surface area contributed by atoms with Crippen molar-refractivity contribution in [3.63, 3.8) is 0 Å². The molecule has 0 aliphatic carbocycles. The Morgan fingerprint density at radius 1 is 1.54 bits per heavy atom. The molecule has 0 spiro atoms. The van der Waals surface area contributed by atoms with Gasteiger partial charge >= 0.3 is 0 Å². The van der Waals surface area contributed by atoms with E-state index in [-0.39, 0.29) is 0 Å². The largest absolute Gasteiger partial charge is 0.477 e. The second-order valence-corrected chi connectivity index (χ2v) is 4.37. The Balaban J connectivity index is 2.70. The molecule has 13 heavy (non-hydrogen) atoms. The molecule has 1 heterocycles. The summed E-state index contributed by atoms with van der Waals surface area (Å²) in [4.78, 5) is 4.04. The van der Waals surface area contributed by atoms with Crippen molar-refractivity contribution in [3.05, 3.63) is 21.8 Å². The fraction of sp³-hybridized carbons (Fsp3) is 0.444. The first kappa shape index (κ1) is 10.8. The number of hydrogen-bond donors (Lipinski definition) is 0. The van der Waals surface area contributed by atoms with Gasteiger partial charge in [0.25, 0.3) is 0 Å². The van der Waals surface area contributed by atoms with Crippen LogP contribution in [-0.4, -0.2) is 11.6 Å². The van der Waals surface area contributed by atoms with Gasteiger partial charge in [-0.2, -0.15) is 0 Å². The molecule has 0 N–H and O–H groups in total. The highest BCUT2D eigenvalue weighted by molar-refractivity contribution is 9.10. The van der Waals surface area contributed by atoms with E-state index in [1.54, 1.807) is 6.07 Å². The van der Waals surface area contributed by atoms with E-state index in [0.717, 1.165) is 4.47 Å². The van der Waals surface area contributed by atoms with Crippen molar-refractivity contribution in [3.8, 4) is 5.88 Å². The molecule has 72 valence electrons. The van der Waals surface area contributed by atoms with Gasteiger partial charge in [0, 0.05) is 0 Å². The van der Waals surface area contributed by atoms with E-state index in [1.165, 1.54) is 0 Å². The van der Waals surface area contributed by atoms with Crippen LogP contribution in [0.1, 0.15) is 13.8 Å². The highest BCUT2D eigenvalue weighted by Gasteiger charge is 2.04. The van der Waals surface area contributed by atoms with Crippen LogP contribution in [0, 0.1) is 5.92 Å². The van der Waals surface area contributed by atoms with E-state index in [2.05, 4.69) is 34.8 Å². The third-order valence-corrected chi connectivity index (χ3v) is 2.15. The molecule has 0 aromatic carbocycles. The van der Waals surface area contributed by atoms with Gasteiger partial charge in [0.1, 0.15) is 5.15 Å². The number of ether oxygens (including phenoxy) is 1. The van der Waals surface area contributed by atoms with Crippen molar-refractivity contribution in [2.45, 2.75) is 13.8 Å². The molecule has 0 radical (unpaired) electrons. The summed E-state index contributed by atoms with van der Waals surface area (Å²) in [5, 5.41) is 0.446. The fourth-order valence-corrected chi connectivity index (χ4v) is 1.22.